The van der Waals surface area contributed by atoms with Crippen LogP contribution in [0.5, 0.6) is 0 Å². The lowest BCUT2D eigenvalue weighted by atomic mass is 9.84. The van der Waals surface area contributed by atoms with Gasteiger partial charge in [0.2, 0.25) is 5.91 Å². The Kier molecular flexibility index (Phi) is 9.07. The molecule has 114 valence electrons. The van der Waals surface area contributed by atoms with Crippen molar-refractivity contribution in [3.8, 4) is 0 Å². The SMILES string of the molecule is CCCC(CCO)CNC(=O)CC(C)CC(C)(C)C. The Bertz CT molecular complexity index is 240. The minimum atomic E-state index is 0.149. The predicted molar refractivity (Wildman–Crippen MR) is 81.0 cm³/mol. The lowest BCUT2D eigenvalue weighted by molar-refractivity contribution is -0.122. The number of amides is 1. The Morgan fingerprint density at radius 3 is 2.37 bits per heavy atom. The number of aliphatic hydroxyl groups excluding tert-OH is 1. The summed E-state index contributed by atoms with van der Waals surface area (Å²) in [7, 11) is 0. The zero-order chi connectivity index (χ0) is 14.9. The van der Waals surface area contributed by atoms with Crippen LogP contribution in [0.25, 0.3) is 0 Å². The smallest absolute Gasteiger partial charge is 0.220 e. The van der Waals surface area contributed by atoms with Gasteiger partial charge in [-0.2, -0.15) is 0 Å². The molecule has 0 aromatic rings. The second kappa shape index (κ2) is 9.35. The Balaban J connectivity index is 3.96. The molecular formula is C16H33NO2. The average molecular weight is 271 g/mol. The van der Waals surface area contributed by atoms with Crippen LogP contribution in [0.4, 0.5) is 0 Å². The van der Waals surface area contributed by atoms with Crippen LogP contribution < -0.4 is 5.32 Å². The van der Waals surface area contributed by atoms with E-state index in [4.69, 9.17) is 5.11 Å². The summed E-state index contributed by atoms with van der Waals surface area (Å²) in [6, 6.07) is 0. The van der Waals surface area contributed by atoms with E-state index in [9.17, 15) is 4.79 Å². The molecule has 0 aliphatic carbocycles. The summed E-state index contributed by atoms with van der Waals surface area (Å²) < 4.78 is 0. The molecule has 0 aromatic heterocycles. The highest BCUT2D eigenvalue weighted by molar-refractivity contribution is 5.76. The summed E-state index contributed by atoms with van der Waals surface area (Å²) in [5, 5.41) is 12.0. The highest BCUT2D eigenvalue weighted by Gasteiger charge is 2.18. The van der Waals surface area contributed by atoms with E-state index in [-0.39, 0.29) is 17.9 Å². The molecule has 2 unspecified atom stereocenters. The van der Waals surface area contributed by atoms with Crippen molar-refractivity contribution >= 4 is 5.91 Å². The monoisotopic (exact) mass is 271 g/mol. The number of aliphatic hydroxyl groups is 1. The van der Waals surface area contributed by atoms with Gasteiger partial charge in [-0.1, -0.05) is 41.0 Å². The number of carbonyl (C=O) groups excluding carboxylic acids is 1. The second-order valence-electron chi connectivity index (χ2n) is 7.05. The third-order valence-electron chi connectivity index (χ3n) is 3.32. The average Bonchev–Trinajstić information content (AvgIpc) is 2.23. The topological polar surface area (TPSA) is 49.3 Å². The Morgan fingerprint density at radius 2 is 1.89 bits per heavy atom. The zero-order valence-electron chi connectivity index (χ0n) is 13.5. The van der Waals surface area contributed by atoms with E-state index in [1.54, 1.807) is 0 Å². The van der Waals surface area contributed by atoms with Crippen LogP contribution in [0.15, 0.2) is 0 Å². The predicted octanol–water partition coefficient (Wildman–Crippen LogP) is 3.36. The fourth-order valence-corrected chi connectivity index (χ4v) is 2.70. The van der Waals surface area contributed by atoms with E-state index in [1.165, 1.54) is 0 Å². The first-order chi connectivity index (χ1) is 8.78. The molecule has 0 saturated carbocycles. The van der Waals surface area contributed by atoms with Gasteiger partial charge in [-0.3, -0.25) is 4.79 Å². The maximum Gasteiger partial charge on any atom is 0.220 e. The minimum absolute atomic E-state index is 0.149. The molecular weight excluding hydrogens is 238 g/mol. The molecule has 3 heteroatoms. The number of rotatable bonds is 9. The van der Waals surface area contributed by atoms with Gasteiger partial charge in [0.25, 0.3) is 0 Å². The van der Waals surface area contributed by atoms with Crippen LogP contribution in [-0.2, 0) is 4.79 Å². The molecule has 0 aliphatic rings. The summed E-state index contributed by atoms with van der Waals surface area (Å²) in [6.45, 7) is 11.8. The van der Waals surface area contributed by atoms with Crippen LogP contribution in [-0.4, -0.2) is 24.2 Å². The van der Waals surface area contributed by atoms with Gasteiger partial charge in [0.1, 0.15) is 0 Å². The van der Waals surface area contributed by atoms with E-state index in [0.717, 1.165) is 25.7 Å². The van der Waals surface area contributed by atoms with Crippen molar-refractivity contribution in [2.75, 3.05) is 13.2 Å². The van der Waals surface area contributed by atoms with Crippen molar-refractivity contribution in [1.29, 1.82) is 0 Å². The largest absolute Gasteiger partial charge is 0.396 e. The molecule has 0 spiro atoms. The Morgan fingerprint density at radius 1 is 1.26 bits per heavy atom. The molecule has 0 rings (SSSR count). The molecule has 0 saturated heterocycles. The highest BCUT2D eigenvalue weighted by atomic mass is 16.3. The number of carbonyl (C=O) groups is 1. The first-order valence-electron chi connectivity index (χ1n) is 7.66. The molecule has 0 aliphatic heterocycles. The van der Waals surface area contributed by atoms with E-state index in [2.05, 4.69) is 39.9 Å². The zero-order valence-corrected chi connectivity index (χ0v) is 13.5. The highest BCUT2D eigenvalue weighted by Crippen LogP contribution is 2.25. The van der Waals surface area contributed by atoms with E-state index < -0.39 is 0 Å². The first-order valence-corrected chi connectivity index (χ1v) is 7.66. The molecule has 0 aromatic carbocycles. The quantitative estimate of drug-likeness (QED) is 0.675. The molecule has 3 nitrogen and oxygen atoms in total. The normalized spacial score (nSPS) is 15.1. The van der Waals surface area contributed by atoms with Crippen LogP contribution in [0.3, 0.4) is 0 Å². The van der Waals surface area contributed by atoms with Crippen molar-refractivity contribution in [3.63, 3.8) is 0 Å². The van der Waals surface area contributed by atoms with Gasteiger partial charge in [0, 0.05) is 19.6 Å². The first kappa shape index (κ1) is 18.4. The number of hydrogen-bond donors (Lipinski definition) is 2. The summed E-state index contributed by atoms with van der Waals surface area (Å²) in [4.78, 5) is 11.9. The summed E-state index contributed by atoms with van der Waals surface area (Å²) >= 11 is 0. The molecule has 2 atom stereocenters. The third kappa shape index (κ3) is 11.0. The molecule has 0 fully saturated rings. The van der Waals surface area contributed by atoms with Gasteiger partial charge in [0.15, 0.2) is 0 Å². The minimum Gasteiger partial charge on any atom is -0.396 e. The van der Waals surface area contributed by atoms with Crippen LogP contribution >= 0.6 is 0 Å². The van der Waals surface area contributed by atoms with Crippen molar-refractivity contribution < 1.29 is 9.90 Å². The van der Waals surface area contributed by atoms with Gasteiger partial charge in [-0.15, -0.1) is 0 Å². The molecule has 1 amide bonds. The molecule has 0 heterocycles. The number of hydrogen-bond acceptors (Lipinski definition) is 2. The molecule has 0 bridgehead atoms. The van der Waals surface area contributed by atoms with Gasteiger partial charge in [-0.05, 0) is 36.5 Å². The van der Waals surface area contributed by atoms with Gasteiger partial charge in [0.05, 0.1) is 0 Å². The van der Waals surface area contributed by atoms with Crippen molar-refractivity contribution in [1.82, 2.24) is 5.32 Å². The summed E-state index contributed by atoms with van der Waals surface area (Å²) in [6.07, 6.45) is 4.62. The van der Waals surface area contributed by atoms with Gasteiger partial charge >= 0.3 is 0 Å². The molecule has 2 N–H and O–H groups in total. The van der Waals surface area contributed by atoms with Crippen molar-refractivity contribution in [3.05, 3.63) is 0 Å². The fourth-order valence-electron chi connectivity index (χ4n) is 2.70. The van der Waals surface area contributed by atoms with Crippen LogP contribution in [0.2, 0.25) is 0 Å². The fraction of sp³-hybridized carbons (Fsp3) is 0.938. The van der Waals surface area contributed by atoms with E-state index >= 15 is 0 Å². The van der Waals surface area contributed by atoms with E-state index in [0.29, 0.717) is 24.8 Å². The van der Waals surface area contributed by atoms with Crippen LogP contribution in [0, 0.1) is 17.3 Å². The van der Waals surface area contributed by atoms with Crippen molar-refractivity contribution in [2.24, 2.45) is 17.3 Å². The molecule has 0 radical (unpaired) electrons. The lowest BCUT2D eigenvalue weighted by Crippen LogP contribution is -2.31. The standard InChI is InChI=1S/C16H33NO2/c1-6-7-14(8-9-18)12-17-15(19)10-13(2)11-16(3,4)5/h13-14,18H,6-12H2,1-5H3,(H,17,19). The van der Waals surface area contributed by atoms with Gasteiger partial charge in [-0.25, -0.2) is 0 Å². The summed E-state index contributed by atoms with van der Waals surface area (Å²) in [5.41, 5.74) is 0.279. The Labute approximate surface area is 119 Å². The van der Waals surface area contributed by atoms with Crippen LogP contribution in [0.1, 0.15) is 66.7 Å². The lowest BCUT2D eigenvalue weighted by Gasteiger charge is -2.23. The second-order valence-corrected chi connectivity index (χ2v) is 7.05. The van der Waals surface area contributed by atoms with Crippen molar-refractivity contribution in [2.45, 2.75) is 66.7 Å². The Hall–Kier alpha value is -0.570. The maximum absolute atomic E-state index is 11.9. The number of nitrogens with one attached hydrogen (secondary N) is 1. The third-order valence-corrected chi connectivity index (χ3v) is 3.32. The van der Waals surface area contributed by atoms with E-state index in [1.807, 2.05) is 0 Å². The molecule has 19 heavy (non-hydrogen) atoms. The summed E-state index contributed by atoms with van der Waals surface area (Å²) in [5.74, 6) is 0.982. The maximum atomic E-state index is 11.9. The van der Waals surface area contributed by atoms with Gasteiger partial charge < -0.3 is 10.4 Å².